The lowest BCUT2D eigenvalue weighted by Crippen LogP contribution is -2.37. The molecule has 0 aromatic heterocycles. The summed E-state index contributed by atoms with van der Waals surface area (Å²) in [6.45, 7) is 5.50. The van der Waals surface area contributed by atoms with Crippen LogP contribution >= 0.6 is 0 Å². The van der Waals surface area contributed by atoms with Gasteiger partial charge in [0.2, 0.25) is 0 Å². The van der Waals surface area contributed by atoms with E-state index in [4.69, 9.17) is 5.11 Å². The Morgan fingerprint density at radius 3 is 2.45 bits per heavy atom. The summed E-state index contributed by atoms with van der Waals surface area (Å²) in [5.41, 5.74) is 0. The fourth-order valence-electron chi connectivity index (χ4n) is 1.63. The Morgan fingerprint density at radius 2 is 2.09 bits per heavy atom. The third-order valence-electron chi connectivity index (χ3n) is 2.34. The highest BCUT2D eigenvalue weighted by molar-refractivity contribution is 4.87. The van der Waals surface area contributed by atoms with Crippen molar-refractivity contribution in [1.82, 2.24) is 5.32 Å². The largest absolute Gasteiger partial charge is 0.395 e. The topological polar surface area (TPSA) is 32.3 Å². The molecule has 0 saturated heterocycles. The van der Waals surface area contributed by atoms with Gasteiger partial charge in [0.15, 0.2) is 0 Å². The first kappa shape index (κ1) is 9.01. The van der Waals surface area contributed by atoms with Gasteiger partial charge in [0.1, 0.15) is 0 Å². The third kappa shape index (κ3) is 2.80. The van der Waals surface area contributed by atoms with Gasteiger partial charge in [-0.3, -0.25) is 0 Å². The number of rotatable bonds is 5. The first-order valence-corrected chi connectivity index (χ1v) is 4.60. The maximum Gasteiger partial charge on any atom is 0.0556 e. The molecule has 0 aromatic rings. The molecule has 1 rings (SSSR count). The summed E-state index contributed by atoms with van der Waals surface area (Å²) >= 11 is 0. The van der Waals surface area contributed by atoms with Crippen LogP contribution in [-0.2, 0) is 0 Å². The van der Waals surface area contributed by atoms with Crippen molar-refractivity contribution in [1.29, 1.82) is 0 Å². The lowest BCUT2D eigenvalue weighted by molar-refractivity contribution is 0.265. The van der Waals surface area contributed by atoms with Crippen molar-refractivity contribution < 1.29 is 5.11 Å². The molecule has 11 heavy (non-hydrogen) atoms. The zero-order chi connectivity index (χ0) is 8.27. The number of aliphatic hydroxyl groups excluding tert-OH is 1. The molecule has 66 valence electrons. The van der Waals surface area contributed by atoms with Gasteiger partial charge in [0.05, 0.1) is 6.61 Å². The predicted molar refractivity (Wildman–Crippen MR) is 46.4 cm³/mol. The van der Waals surface area contributed by atoms with Crippen LogP contribution in [0.3, 0.4) is 0 Å². The number of aliphatic hydroxyl groups is 1. The molecule has 1 aliphatic carbocycles. The molecule has 2 heteroatoms. The average Bonchev–Trinajstić information content (AvgIpc) is 2.71. The molecule has 1 saturated carbocycles. The second-order valence-corrected chi connectivity index (χ2v) is 3.78. The molecule has 0 amide bonds. The van der Waals surface area contributed by atoms with Gasteiger partial charge in [-0.1, -0.05) is 13.8 Å². The molecular formula is C9H19NO. The molecule has 0 spiro atoms. The van der Waals surface area contributed by atoms with Crippen LogP contribution in [-0.4, -0.2) is 24.3 Å². The summed E-state index contributed by atoms with van der Waals surface area (Å²) in [5, 5.41) is 12.0. The molecule has 2 N–H and O–H groups in total. The van der Waals surface area contributed by atoms with Crippen LogP contribution in [0.15, 0.2) is 0 Å². The minimum absolute atomic E-state index is 0.260. The highest BCUT2D eigenvalue weighted by atomic mass is 16.3. The van der Waals surface area contributed by atoms with Crippen molar-refractivity contribution in [2.75, 3.05) is 13.2 Å². The van der Waals surface area contributed by atoms with Crippen LogP contribution in [0.2, 0.25) is 0 Å². The van der Waals surface area contributed by atoms with Crippen molar-refractivity contribution in [3.05, 3.63) is 0 Å². The van der Waals surface area contributed by atoms with Crippen LogP contribution in [0, 0.1) is 11.8 Å². The van der Waals surface area contributed by atoms with Crippen LogP contribution in [0.4, 0.5) is 0 Å². The Hall–Kier alpha value is -0.0800. The quantitative estimate of drug-likeness (QED) is 0.624. The summed E-state index contributed by atoms with van der Waals surface area (Å²) in [6, 6.07) is 0.641. The molecule has 2 nitrogen and oxygen atoms in total. The van der Waals surface area contributed by atoms with Crippen LogP contribution in [0.25, 0.3) is 0 Å². The predicted octanol–water partition coefficient (Wildman–Crippen LogP) is 1.00. The molecular weight excluding hydrogens is 138 g/mol. The van der Waals surface area contributed by atoms with E-state index >= 15 is 0 Å². The summed E-state index contributed by atoms with van der Waals surface area (Å²) in [5.74, 6) is 1.59. The van der Waals surface area contributed by atoms with Crippen molar-refractivity contribution in [3.8, 4) is 0 Å². The second kappa shape index (κ2) is 4.07. The van der Waals surface area contributed by atoms with E-state index < -0.39 is 0 Å². The smallest absolute Gasteiger partial charge is 0.0556 e. The number of nitrogens with one attached hydrogen (secondary N) is 1. The lowest BCUT2D eigenvalue weighted by Gasteiger charge is -2.21. The van der Waals surface area contributed by atoms with E-state index in [9.17, 15) is 0 Å². The normalized spacial score (nSPS) is 20.7. The first-order valence-electron chi connectivity index (χ1n) is 4.60. The monoisotopic (exact) mass is 157 g/mol. The molecule has 0 heterocycles. The van der Waals surface area contributed by atoms with Crippen LogP contribution < -0.4 is 5.32 Å². The minimum atomic E-state index is 0.260. The van der Waals surface area contributed by atoms with Gasteiger partial charge in [-0.15, -0.1) is 0 Å². The summed E-state index contributed by atoms with van der Waals surface area (Å²) in [6.07, 6.45) is 2.75. The van der Waals surface area contributed by atoms with Crippen LogP contribution in [0.5, 0.6) is 0 Å². The zero-order valence-corrected chi connectivity index (χ0v) is 7.51. The first-order chi connectivity index (χ1) is 5.25. The van der Waals surface area contributed by atoms with Crippen molar-refractivity contribution in [3.63, 3.8) is 0 Å². The van der Waals surface area contributed by atoms with Gasteiger partial charge in [0.25, 0.3) is 0 Å². The zero-order valence-electron chi connectivity index (χ0n) is 7.51. The van der Waals surface area contributed by atoms with E-state index in [0.717, 1.165) is 12.5 Å². The highest BCUT2D eigenvalue weighted by Crippen LogP contribution is 2.35. The van der Waals surface area contributed by atoms with E-state index in [1.54, 1.807) is 0 Å². The standard InChI is InChI=1S/C9H19NO/c1-7(2)9(8-3-4-8)10-5-6-11/h7-11H,3-6H2,1-2H3. The summed E-state index contributed by atoms with van der Waals surface area (Å²) < 4.78 is 0. The molecule has 0 aliphatic heterocycles. The Balaban J connectivity index is 2.21. The molecule has 0 radical (unpaired) electrons. The maximum atomic E-state index is 8.64. The molecule has 0 aromatic carbocycles. The van der Waals surface area contributed by atoms with Crippen molar-refractivity contribution in [2.45, 2.75) is 32.7 Å². The minimum Gasteiger partial charge on any atom is -0.395 e. The van der Waals surface area contributed by atoms with Gasteiger partial charge >= 0.3 is 0 Å². The highest BCUT2D eigenvalue weighted by Gasteiger charge is 2.32. The molecule has 1 atom stereocenters. The fraction of sp³-hybridized carbons (Fsp3) is 1.00. The van der Waals surface area contributed by atoms with Crippen molar-refractivity contribution in [2.24, 2.45) is 11.8 Å². The summed E-state index contributed by atoms with van der Waals surface area (Å²) in [4.78, 5) is 0. The molecule has 1 aliphatic rings. The lowest BCUT2D eigenvalue weighted by atomic mass is 10.00. The summed E-state index contributed by atoms with van der Waals surface area (Å²) in [7, 11) is 0. The Labute approximate surface area is 69.0 Å². The third-order valence-corrected chi connectivity index (χ3v) is 2.34. The Bertz CT molecular complexity index is 108. The van der Waals surface area contributed by atoms with Crippen molar-refractivity contribution >= 4 is 0 Å². The molecule has 0 bridgehead atoms. The fourth-order valence-corrected chi connectivity index (χ4v) is 1.63. The number of hydrogen-bond donors (Lipinski definition) is 2. The maximum absolute atomic E-state index is 8.64. The average molecular weight is 157 g/mol. The Kier molecular flexibility index (Phi) is 3.34. The van der Waals surface area contributed by atoms with E-state index in [-0.39, 0.29) is 6.61 Å². The van der Waals surface area contributed by atoms with Gasteiger partial charge < -0.3 is 10.4 Å². The van der Waals surface area contributed by atoms with Gasteiger partial charge in [-0.25, -0.2) is 0 Å². The molecule has 1 fully saturated rings. The molecule has 1 unspecified atom stereocenters. The van der Waals surface area contributed by atoms with Gasteiger partial charge in [-0.2, -0.15) is 0 Å². The van der Waals surface area contributed by atoms with E-state index in [2.05, 4.69) is 19.2 Å². The van der Waals surface area contributed by atoms with Crippen LogP contribution in [0.1, 0.15) is 26.7 Å². The number of hydrogen-bond acceptors (Lipinski definition) is 2. The van der Waals surface area contributed by atoms with E-state index in [1.165, 1.54) is 12.8 Å². The second-order valence-electron chi connectivity index (χ2n) is 3.78. The Morgan fingerprint density at radius 1 is 1.45 bits per heavy atom. The van der Waals surface area contributed by atoms with Gasteiger partial charge in [-0.05, 0) is 24.7 Å². The van der Waals surface area contributed by atoms with Gasteiger partial charge in [0, 0.05) is 12.6 Å². The van der Waals surface area contributed by atoms with E-state index in [1.807, 2.05) is 0 Å². The SMILES string of the molecule is CC(C)C(NCCO)C1CC1. The van der Waals surface area contributed by atoms with E-state index in [0.29, 0.717) is 12.0 Å².